The van der Waals surface area contributed by atoms with E-state index in [0.29, 0.717) is 12.5 Å². The normalized spacial score (nSPS) is 35.8. The Kier molecular flexibility index (Phi) is 3.55. The number of nitrogens with one attached hydrogen (secondary N) is 1. The van der Waals surface area contributed by atoms with E-state index in [0.717, 1.165) is 24.3 Å². The highest BCUT2D eigenvalue weighted by atomic mass is 32.2. The quantitative estimate of drug-likeness (QED) is 0.815. The first kappa shape index (κ1) is 14.9. The molecule has 3 fully saturated rings. The molecule has 0 aromatic carbocycles. The first-order valence-corrected chi connectivity index (χ1v) is 8.61. The summed E-state index contributed by atoms with van der Waals surface area (Å²) in [6.45, 7) is 7.67. The van der Waals surface area contributed by atoms with E-state index in [4.69, 9.17) is 0 Å². The van der Waals surface area contributed by atoms with Crippen molar-refractivity contribution in [3.8, 4) is 0 Å². The standard InChI is InChI=1S/C15H23N3O2S/c1-14(2)10-4-5-15(14,3)11(8-10)16-17-12(19)9-18-6-7-21-13(18)20/h10H,4-9H2,1-3H3,(H,17,19)/b16-11+/t10-,15-/m0/s1. The van der Waals surface area contributed by atoms with Crippen molar-refractivity contribution in [2.45, 2.75) is 40.0 Å². The molecule has 1 aliphatic heterocycles. The molecule has 0 spiro atoms. The lowest BCUT2D eigenvalue weighted by Gasteiger charge is -2.34. The van der Waals surface area contributed by atoms with Gasteiger partial charge in [-0.1, -0.05) is 32.5 Å². The van der Waals surface area contributed by atoms with Gasteiger partial charge in [0.15, 0.2) is 0 Å². The SMILES string of the molecule is CC1(C)[C@H]2CC[C@@]1(C)/C(=N/NC(=O)CN1CCSC1=O)C2. The number of hydrazone groups is 1. The summed E-state index contributed by atoms with van der Waals surface area (Å²) in [5.41, 5.74) is 4.15. The van der Waals surface area contributed by atoms with E-state index in [1.807, 2.05) is 0 Å². The Bertz CT molecular complexity index is 517. The van der Waals surface area contributed by atoms with Crippen molar-refractivity contribution in [2.75, 3.05) is 18.8 Å². The Labute approximate surface area is 129 Å². The third kappa shape index (κ3) is 2.28. The average Bonchev–Trinajstić information content (AvgIpc) is 2.97. The van der Waals surface area contributed by atoms with Gasteiger partial charge in [-0.2, -0.15) is 5.10 Å². The Morgan fingerprint density at radius 3 is 2.76 bits per heavy atom. The first-order chi connectivity index (χ1) is 9.84. The number of carbonyl (C=O) groups excluding carboxylic acids is 2. The van der Waals surface area contributed by atoms with Gasteiger partial charge in [0.2, 0.25) is 0 Å². The van der Waals surface area contributed by atoms with Crippen LogP contribution in [0.2, 0.25) is 0 Å². The lowest BCUT2D eigenvalue weighted by molar-refractivity contribution is -0.121. The molecule has 0 radical (unpaired) electrons. The van der Waals surface area contributed by atoms with Crippen LogP contribution in [0.1, 0.15) is 40.0 Å². The number of fused-ring (bicyclic) bond motifs is 2. The van der Waals surface area contributed by atoms with Gasteiger partial charge < -0.3 is 4.90 Å². The molecule has 2 atom stereocenters. The van der Waals surface area contributed by atoms with Crippen LogP contribution in [0, 0.1) is 16.7 Å². The molecule has 0 aromatic heterocycles. The van der Waals surface area contributed by atoms with Crippen LogP contribution in [-0.2, 0) is 4.79 Å². The second-order valence-corrected chi connectivity index (χ2v) is 8.17. The van der Waals surface area contributed by atoms with Crippen LogP contribution in [0.5, 0.6) is 0 Å². The topological polar surface area (TPSA) is 61.8 Å². The summed E-state index contributed by atoms with van der Waals surface area (Å²) >= 11 is 1.27. The van der Waals surface area contributed by atoms with Crippen molar-refractivity contribution in [3.05, 3.63) is 0 Å². The van der Waals surface area contributed by atoms with Crippen molar-refractivity contribution in [3.63, 3.8) is 0 Å². The van der Waals surface area contributed by atoms with Crippen LogP contribution in [-0.4, -0.2) is 40.6 Å². The van der Waals surface area contributed by atoms with E-state index < -0.39 is 0 Å². The van der Waals surface area contributed by atoms with Gasteiger partial charge in [0.25, 0.3) is 11.1 Å². The number of hydrogen-bond donors (Lipinski definition) is 1. The molecular formula is C15H23N3O2S. The highest BCUT2D eigenvalue weighted by molar-refractivity contribution is 8.13. The highest BCUT2D eigenvalue weighted by Crippen LogP contribution is 2.63. The molecule has 1 heterocycles. The molecule has 2 amide bonds. The summed E-state index contributed by atoms with van der Waals surface area (Å²) in [6, 6.07) is 0. The van der Waals surface area contributed by atoms with E-state index in [2.05, 4.69) is 31.3 Å². The largest absolute Gasteiger partial charge is 0.323 e. The Morgan fingerprint density at radius 2 is 2.24 bits per heavy atom. The summed E-state index contributed by atoms with van der Waals surface area (Å²) in [4.78, 5) is 25.0. The fraction of sp³-hybridized carbons (Fsp3) is 0.800. The van der Waals surface area contributed by atoms with Gasteiger partial charge in [-0.15, -0.1) is 0 Å². The van der Waals surface area contributed by atoms with Gasteiger partial charge in [-0.25, -0.2) is 5.43 Å². The zero-order chi connectivity index (χ0) is 15.3. The fourth-order valence-electron chi connectivity index (χ4n) is 4.01. The molecule has 1 saturated heterocycles. The van der Waals surface area contributed by atoms with Crippen molar-refractivity contribution < 1.29 is 9.59 Å². The second-order valence-electron chi connectivity index (χ2n) is 7.12. The molecule has 2 bridgehead atoms. The summed E-state index contributed by atoms with van der Waals surface area (Å²) in [7, 11) is 0. The average molecular weight is 309 g/mol. The maximum atomic E-state index is 12.0. The Hall–Kier alpha value is -1.04. The van der Waals surface area contributed by atoms with Gasteiger partial charge >= 0.3 is 0 Å². The molecule has 6 heteroatoms. The van der Waals surface area contributed by atoms with Crippen LogP contribution in [0.3, 0.4) is 0 Å². The van der Waals surface area contributed by atoms with Crippen molar-refractivity contribution in [2.24, 2.45) is 21.8 Å². The van der Waals surface area contributed by atoms with Gasteiger partial charge in [0.05, 0.1) is 0 Å². The van der Waals surface area contributed by atoms with E-state index in [-0.39, 0.29) is 28.5 Å². The fourth-order valence-corrected chi connectivity index (χ4v) is 4.83. The molecule has 3 rings (SSSR count). The van der Waals surface area contributed by atoms with E-state index in [1.165, 1.54) is 18.2 Å². The highest BCUT2D eigenvalue weighted by Gasteiger charge is 2.60. The summed E-state index contributed by atoms with van der Waals surface area (Å²) < 4.78 is 0. The number of rotatable bonds is 3. The van der Waals surface area contributed by atoms with Crippen LogP contribution in [0.25, 0.3) is 0 Å². The molecule has 1 N–H and O–H groups in total. The minimum Gasteiger partial charge on any atom is -0.323 e. The van der Waals surface area contributed by atoms with E-state index >= 15 is 0 Å². The Balaban J connectivity index is 1.62. The number of hydrogen-bond acceptors (Lipinski definition) is 4. The molecule has 5 nitrogen and oxygen atoms in total. The maximum Gasteiger partial charge on any atom is 0.282 e. The molecule has 0 unspecified atom stereocenters. The van der Waals surface area contributed by atoms with Gasteiger partial charge in [-0.3, -0.25) is 9.59 Å². The van der Waals surface area contributed by atoms with E-state index in [9.17, 15) is 9.59 Å². The van der Waals surface area contributed by atoms with Gasteiger partial charge in [-0.05, 0) is 30.6 Å². The van der Waals surface area contributed by atoms with Gasteiger partial charge in [0.1, 0.15) is 6.54 Å². The van der Waals surface area contributed by atoms with Crippen LogP contribution < -0.4 is 5.43 Å². The molecule has 21 heavy (non-hydrogen) atoms. The summed E-state index contributed by atoms with van der Waals surface area (Å²) in [6.07, 6.45) is 3.40. The minimum atomic E-state index is -0.192. The van der Waals surface area contributed by atoms with Crippen LogP contribution in [0.4, 0.5) is 4.79 Å². The Morgan fingerprint density at radius 1 is 1.48 bits per heavy atom. The van der Waals surface area contributed by atoms with Crippen molar-refractivity contribution in [1.29, 1.82) is 0 Å². The molecule has 3 aliphatic rings. The predicted octanol–water partition coefficient (Wildman–Crippen LogP) is 2.47. The predicted molar refractivity (Wildman–Crippen MR) is 84.2 cm³/mol. The van der Waals surface area contributed by atoms with Crippen LogP contribution in [0.15, 0.2) is 5.10 Å². The number of amides is 2. The maximum absolute atomic E-state index is 12.0. The lowest BCUT2D eigenvalue weighted by Crippen LogP contribution is -2.37. The second kappa shape index (κ2) is 5.00. The number of nitrogens with zero attached hydrogens (tertiary/aromatic N) is 2. The smallest absolute Gasteiger partial charge is 0.282 e. The van der Waals surface area contributed by atoms with Gasteiger partial charge in [0, 0.05) is 23.4 Å². The van der Waals surface area contributed by atoms with E-state index in [1.54, 1.807) is 4.90 Å². The summed E-state index contributed by atoms with van der Waals surface area (Å²) in [5.74, 6) is 1.26. The summed E-state index contributed by atoms with van der Waals surface area (Å²) in [5, 5.41) is 4.40. The van der Waals surface area contributed by atoms with Crippen LogP contribution >= 0.6 is 11.8 Å². The molecule has 116 valence electrons. The number of carbonyl (C=O) groups is 2. The van der Waals surface area contributed by atoms with Crippen molar-refractivity contribution >= 4 is 28.6 Å². The monoisotopic (exact) mass is 309 g/mol. The lowest BCUT2D eigenvalue weighted by atomic mass is 9.70. The molecule has 2 saturated carbocycles. The van der Waals surface area contributed by atoms with Crippen molar-refractivity contribution in [1.82, 2.24) is 10.3 Å². The molecular weight excluding hydrogens is 286 g/mol. The zero-order valence-corrected chi connectivity index (χ0v) is 13.8. The number of thioether (sulfide) groups is 1. The zero-order valence-electron chi connectivity index (χ0n) is 12.9. The third-order valence-electron chi connectivity index (χ3n) is 6.01. The molecule has 2 aliphatic carbocycles. The minimum absolute atomic E-state index is 0.00850. The first-order valence-electron chi connectivity index (χ1n) is 7.62. The molecule has 0 aromatic rings. The third-order valence-corrected chi connectivity index (χ3v) is 6.90.